The van der Waals surface area contributed by atoms with Gasteiger partial charge in [-0.2, -0.15) is 9.78 Å². The zero-order chi connectivity index (χ0) is 24.5. The molecule has 2 rings (SSSR count). The second-order valence-corrected chi connectivity index (χ2v) is 15.4. The smallest absolute Gasteiger partial charge is 0.349 e. The van der Waals surface area contributed by atoms with Crippen LogP contribution in [-0.4, -0.2) is 51.7 Å². The summed E-state index contributed by atoms with van der Waals surface area (Å²) in [7, 11) is -2.87. The Bertz CT molecular complexity index is 695. The summed E-state index contributed by atoms with van der Waals surface area (Å²) in [6.45, 7) is 21.2. The van der Waals surface area contributed by atoms with Crippen molar-refractivity contribution < 1.29 is 42.7 Å². The molecular formula is C22H38O9Si. The first-order valence-corrected chi connectivity index (χ1v) is 12.7. The Morgan fingerprint density at radius 1 is 0.969 bits per heavy atom. The fraction of sp³-hybridized carbons (Fsp3) is 0.818. The van der Waals surface area contributed by atoms with Crippen LogP contribution in [0.3, 0.4) is 0 Å². The summed E-state index contributed by atoms with van der Waals surface area (Å²) in [5, 5.41) is -0.533. The van der Waals surface area contributed by atoms with Crippen molar-refractivity contribution in [2.75, 3.05) is 6.61 Å². The summed E-state index contributed by atoms with van der Waals surface area (Å²) >= 11 is 0. The molecule has 0 aromatic heterocycles. The minimum Gasteiger partial charge on any atom is -0.391 e. The number of hydrogen-bond donors (Lipinski definition) is 0. The van der Waals surface area contributed by atoms with Crippen LogP contribution in [0.1, 0.15) is 68.7 Å². The Kier molecular flexibility index (Phi) is 8.34. The number of allylic oxidation sites excluding steroid dienone is 1. The molecule has 0 aliphatic carbocycles. The molecule has 9 nitrogen and oxygen atoms in total. The van der Waals surface area contributed by atoms with E-state index >= 15 is 0 Å². The molecule has 0 amide bonds. The van der Waals surface area contributed by atoms with Crippen LogP contribution in [0.4, 0.5) is 0 Å². The molecule has 2 saturated heterocycles. The molecule has 5 atom stereocenters. The van der Waals surface area contributed by atoms with Crippen molar-refractivity contribution in [3.05, 3.63) is 12.2 Å². The third-order valence-corrected chi connectivity index (χ3v) is 10.7. The van der Waals surface area contributed by atoms with E-state index in [1.807, 2.05) is 6.92 Å². The second kappa shape index (κ2) is 9.90. The molecule has 2 aliphatic rings. The Hall–Kier alpha value is -1.30. The summed E-state index contributed by atoms with van der Waals surface area (Å²) in [5.41, 5.74) is 0.826. The van der Waals surface area contributed by atoms with E-state index in [1.165, 1.54) is 13.8 Å². The highest BCUT2D eigenvalue weighted by Crippen LogP contribution is 2.55. The van der Waals surface area contributed by atoms with Crippen molar-refractivity contribution in [1.82, 2.24) is 0 Å². The van der Waals surface area contributed by atoms with Gasteiger partial charge in [-0.25, -0.2) is 9.59 Å². The molecule has 10 heteroatoms. The number of hydrogen-bond acceptors (Lipinski definition) is 9. The van der Waals surface area contributed by atoms with E-state index in [1.54, 1.807) is 0 Å². The lowest BCUT2D eigenvalue weighted by Crippen LogP contribution is -2.70. The monoisotopic (exact) mass is 474 g/mol. The molecule has 0 saturated carbocycles. The van der Waals surface area contributed by atoms with Gasteiger partial charge in [-0.3, -0.25) is 9.78 Å². The van der Waals surface area contributed by atoms with E-state index in [0.717, 1.165) is 5.57 Å². The molecule has 0 bridgehead atoms. The predicted molar refractivity (Wildman–Crippen MR) is 117 cm³/mol. The Morgan fingerprint density at radius 2 is 1.50 bits per heavy atom. The van der Waals surface area contributed by atoms with Gasteiger partial charge in [-0.05, 0) is 13.3 Å². The molecule has 0 unspecified atom stereocenters. The van der Waals surface area contributed by atoms with E-state index < -0.39 is 51.0 Å². The maximum Gasteiger partial charge on any atom is 0.349 e. The molecule has 0 radical (unpaired) electrons. The minimum atomic E-state index is -2.87. The van der Waals surface area contributed by atoms with Crippen LogP contribution in [0.5, 0.6) is 0 Å². The van der Waals surface area contributed by atoms with Gasteiger partial charge in [-0.15, -0.1) is 6.58 Å². The Balaban J connectivity index is 2.47. The van der Waals surface area contributed by atoms with Crippen molar-refractivity contribution >= 4 is 20.5 Å². The molecule has 184 valence electrons. The van der Waals surface area contributed by atoms with Crippen LogP contribution >= 0.6 is 0 Å². The molecule has 2 heterocycles. The molecule has 0 N–H and O–H groups in total. The van der Waals surface area contributed by atoms with Gasteiger partial charge in [-0.1, -0.05) is 47.1 Å². The average molecular weight is 475 g/mol. The molecule has 32 heavy (non-hydrogen) atoms. The standard InChI is InChI=1S/C22H38O9Si/c1-13(2)11-16-18(29-27-14(3)23)19-17(26-20(16)30-28-15(4)24)12-25-32(31-19,21(5,6)7)22(8,9)10/h16-20H,1,11-12H2,2-10H3/t16-,17-,18-,19+,20-/m1/s1. The molecule has 0 aromatic carbocycles. The highest BCUT2D eigenvalue weighted by molar-refractivity contribution is 6.73. The molecule has 2 aliphatic heterocycles. The van der Waals surface area contributed by atoms with Crippen LogP contribution in [0.15, 0.2) is 12.2 Å². The summed E-state index contributed by atoms with van der Waals surface area (Å²) in [4.78, 5) is 43.6. The van der Waals surface area contributed by atoms with Gasteiger partial charge in [0.05, 0.1) is 12.5 Å². The highest BCUT2D eigenvalue weighted by atomic mass is 28.4. The van der Waals surface area contributed by atoms with E-state index in [9.17, 15) is 9.59 Å². The SMILES string of the molecule is C=C(C)C[C@H]1[C@@H](OOC(C)=O)O[C@@H]2CO[Si](C(C)(C)C)(C(C)(C)C)O[C@@H]2[C@@H]1OOC(C)=O. The van der Waals surface area contributed by atoms with E-state index in [0.29, 0.717) is 6.42 Å². The highest BCUT2D eigenvalue weighted by Gasteiger charge is 2.65. The normalized spacial score (nSPS) is 30.2. The topological polar surface area (TPSA) is 98.8 Å². The lowest BCUT2D eigenvalue weighted by molar-refractivity contribution is -0.424. The van der Waals surface area contributed by atoms with Crippen LogP contribution in [0, 0.1) is 5.92 Å². The summed E-state index contributed by atoms with van der Waals surface area (Å²) in [5.74, 6) is -1.73. The number of fused-ring (bicyclic) bond motifs is 1. The quantitative estimate of drug-likeness (QED) is 0.244. The van der Waals surface area contributed by atoms with Crippen LogP contribution < -0.4 is 0 Å². The maximum absolute atomic E-state index is 11.6. The van der Waals surface area contributed by atoms with Crippen LogP contribution in [0.2, 0.25) is 10.1 Å². The van der Waals surface area contributed by atoms with Gasteiger partial charge >= 0.3 is 20.5 Å². The van der Waals surface area contributed by atoms with Gasteiger partial charge in [0.15, 0.2) is 0 Å². The largest absolute Gasteiger partial charge is 0.391 e. The minimum absolute atomic E-state index is 0.241. The van der Waals surface area contributed by atoms with Crippen molar-refractivity contribution in [2.45, 2.75) is 103 Å². The Morgan fingerprint density at radius 3 is 1.97 bits per heavy atom. The number of rotatable bonds is 6. The van der Waals surface area contributed by atoms with Crippen molar-refractivity contribution in [2.24, 2.45) is 5.92 Å². The third kappa shape index (κ3) is 5.78. The second-order valence-electron chi connectivity index (χ2n) is 10.7. The first-order valence-electron chi connectivity index (χ1n) is 10.9. The van der Waals surface area contributed by atoms with Crippen LogP contribution in [-0.2, 0) is 42.7 Å². The van der Waals surface area contributed by atoms with E-state index in [4.69, 9.17) is 33.1 Å². The zero-order valence-electron chi connectivity index (χ0n) is 20.7. The Labute approximate surface area is 191 Å². The number of ether oxygens (including phenoxy) is 1. The summed E-state index contributed by atoms with van der Waals surface area (Å²) < 4.78 is 19.4. The fourth-order valence-corrected chi connectivity index (χ4v) is 9.61. The molecule has 0 aromatic rings. The van der Waals surface area contributed by atoms with Gasteiger partial charge in [0, 0.05) is 23.9 Å². The molecular weight excluding hydrogens is 436 g/mol. The van der Waals surface area contributed by atoms with E-state index in [2.05, 4.69) is 48.1 Å². The summed E-state index contributed by atoms with van der Waals surface area (Å²) in [6.07, 6.45) is -2.50. The first-order chi connectivity index (χ1) is 14.6. The molecule has 2 fully saturated rings. The van der Waals surface area contributed by atoms with Gasteiger partial charge in [0.1, 0.15) is 18.3 Å². The predicted octanol–water partition coefficient (Wildman–Crippen LogP) is 4.11. The lowest BCUT2D eigenvalue weighted by Gasteiger charge is -2.57. The van der Waals surface area contributed by atoms with Gasteiger partial charge < -0.3 is 13.6 Å². The van der Waals surface area contributed by atoms with E-state index in [-0.39, 0.29) is 16.7 Å². The van der Waals surface area contributed by atoms with Crippen molar-refractivity contribution in [3.63, 3.8) is 0 Å². The maximum atomic E-state index is 11.6. The average Bonchev–Trinajstić information content (AvgIpc) is 2.62. The lowest BCUT2D eigenvalue weighted by atomic mass is 9.86. The molecule has 0 spiro atoms. The van der Waals surface area contributed by atoms with Crippen LogP contribution in [0.25, 0.3) is 0 Å². The zero-order valence-corrected chi connectivity index (χ0v) is 21.7. The third-order valence-electron chi connectivity index (χ3n) is 5.62. The number of carbonyl (C=O) groups excluding carboxylic acids is 2. The van der Waals surface area contributed by atoms with Crippen molar-refractivity contribution in [1.29, 1.82) is 0 Å². The summed E-state index contributed by atoms with van der Waals surface area (Å²) in [6, 6.07) is 0. The van der Waals surface area contributed by atoms with Crippen molar-refractivity contribution in [3.8, 4) is 0 Å². The fourth-order valence-electron chi connectivity index (χ4n) is 4.65. The first kappa shape index (κ1) is 26.9. The van der Waals surface area contributed by atoms with Gasteiger partial charge in [0.25, 0.3) is 0 Å². The van der Waals surface area contributed by atoms with Gasteiger partial charge in [0.2, 0.25) is 6.29 Å². The number of carbonyl (C=O) groups is 2.